The van der Waals surface area contributed by atoms with E-state index in [9.17, 15) is 0 Å². The van der Waals surface area contributed by atoms with Gasteiger partial charge in [-0.25, -0.2) is 0 Å². The van der Waals surface area contributed by atoms with Crippen molar-refractivity contribution in [2.45, 2.75) is 32.7 Å². The van der Waals surface area contributed by atoms with Crippen LogP contribution in [-0.4, -0.2) is 5.54 Å². The van der Waals surface area contributed by atoms with Crippen LogP contribution in [0.4, 0.5) is 0 Å². The van der Waals surface area contributed by atoms with Gasteiger partial charge in [0.25, 0.3) is 0 Å². The van der Waals surface area contributed by atoms with Crippen molar-refractivity contribution in [1.29, 1.82) is 0 Å². The molecule has 0 aliphatic heterocycles. The predicted octanol–water partition coefficient (Wildman–Crippen LogP) is 2.34. The van der Waals surface area contributed by atoms with Crippen molar-refractivity contribution in [2.24, 2.45) is 5.73 Å². The van der Waals surface area contributed by atoms with Gasteiger partial charge in [-0.15, -0.1) is 5.92 Å². The maximum absolute atomic E-state index is 5.98. The van der Waals surface area contributed by atoms with E-state index in [0.29, 0.717) is 0 Å². The first kappa shape index (κ1) is 10.8. The van der Waals surface area contributed by atoms with Crippen LogP contribution in [0.1, 0.15) is 31.9 Å². The van der Waals surface area contributed by atoms with Gasteiger partial charge < -0.3 is 5.73 Å². The van der Waals surface area contributed by atoms with Gasteiger partial charge in [0, 0.05) is 11.1 Å². The Bertz CT molecular complexity index is 361. The number of hydrogen-bond acceptors (Lipinski definition) is 1. The first-order valence-electron chi connectivity index (χ1n) is 4.82. The molecule has 1 nitrogen and oxygen atoms in total. The molecule has 0 aliphatic carbocycles. The smallest absolute Gasteiger partial charge is 0.0277 e. The minimum Gasteiger partial charge on any atom is -0.325 e. The van der Waals surface area contributed by atoms with Crippen molar-refractivity contribution in [1.82, 2.24) is 0 Å². The quantitative estimate of drug-likeness (QED) is 0.707. The second-order valence-electron chi connectivity index (χ2n) is 4.20. The third-order valence-electron chi connectivity index (χ3n) is 1.92. The van der Waals surface area contributed by atoms with Gasteiger partial charge in [0.1, 0.15) is 0 Å². The van der Waals surface area contributed by atoms with Crippen molar-refractivity contribution in [3.8, 4) is 11.8 Å². The second kappa shape index (κ2) is 4.30. The first-order valence-corrected chi connectivity index (χ1v) is 4.82. The summed E-state index contributed by atoms with van der Waals surface area (Å²) in [6.45, 7) is 5.91. The molecule has 0 amide bonds. The Labute approximate surface area is 86.3 Å². The van der Waals surface area contributed by atoms with Gasteiger partial charge in [0.05, 0.1) is 0 Å². The molecule has 0 bridgehead atoms. The monoisotopic (exact) mass is 187 g/mol. The molecule has 0 spiro atoms. The van der Waals surface area contributed by atoms with Crippen LogP contribution in [0.5, 0.6) is 0 Å². The second-order valence-corrected chi connectivity index (χ2v) is 4.20. The molecule has 1 aromatic carbocycles. The summed E-state index contributed by atoms with van der Waals surface area (Å²) in [6.07, 6.45) is 0.859. The lowest BCUT2D eigenvalue weighted by molar-refractivity contribution is 0.516. The number of nitrogens with two attached hydrogens (primary N) is 1. The highest BCUT2D eigenvalue weighted by Gasteiger charge is 2.13. The van der Waals surface area contributed by atoms with Crippen molar-refractivity contribution < 1.29 is 0 Å². The van der Waals surface area contributed by atoms with Crippen LogP contribution in [0.3, 0.4) is 0 Å². The minimum absolute atomic E-state index is 0.175. The molecule has 0 saturated carbocycles. The lowest BCUT2D eigenvalue weighted by atomic mass is 9.93. The zero-order valence-electron chi connectivity index (χ0n) is 9.09. The Morgan fingerprint density at radius 1 is 1.29 bits per heavy atom. The van der Waals surface area contributed by atoms with E-state index in [1.807, 2.05) is 39.0 Å². The highest BCUT2D eigenvalue weighted by molar-refractivity contribution is 5.41. The van der Waals surface area contributed by atoms with Gasteiger partial charge in [-0.1, -0.05) is 24.1 Å². The molecule has 0 aromatic heterocycles. The molecule has 1 aromatic rings. The summed E-state index contributed by atoms with van der Waals surface area (Å²) in [7, 11) is 0. The van der Waals surface area contributed by atoms with Crippen molar-refractivity contribution >= 4 is 0 Å². The summed E-state index contributed by atoms with van der Waals surface area (Å²) in [5.74, 6) is 6.01. The SMILES string of the molecule is CC#Cc1ccccc1CC(C)(C)N. The Balaban J connectivity index is 3.00. The standard InChI is InChI=1S/C13H17N/c1-4-7-11-8-5-6-9-12(11)10-13(2,3)14/h5-6,8-9H,10,14H2,1-3H3. The molecule has 0 atom stereocenters. The molecular weight excluding hydrogens is 170 g/mol. The molecule has 0 aliphatic rings. The molecule has 0 fully saturated rings. The van der Waals surface area contributed by atoms with E-state index in [-0.39, 0.29) is 5.54 Å². The van der Waals surface area contributed by atoms with Gasteiger partial charge in [0.15, 0.2) is 0 Å². The molecule has 0 unspecified atom stereocenters. The average molecular weight is 187 g/mol. The van der Waals surface area contributed by atoms with E-state index in [2.05, 4.69) is 17.9 Å². The molecule has 74 valence electrons. The maximum Gasteiger partial charge on any atom is 0.0277 e. The summed E-state index contributed by atoms with van der Waals surface area (Å²) in [5, 5.41) is 0. The van der Waals surface area contributed by atoms with Crippen LogP contribution in [0, 0.1) is 11.8 Å². The summed E-state index contributed by atoms with van der Waals surface area (Å²) >= 11 is 0. The Kier molecular flexibility index (Phi) is 3.33. The summed E-state index contributed by atoms with van der Waals surface area (Å²) in [5.41, 5.74) is 8.13. The average Bonchev–Trinajstić information content (AvgIpc) is 2.06. The fraction of sp³-hybridized carbons (Fsp3) is 0.385. The van der Waals surface area contributed by atoms with Gasteiger partial charge in [-0.3, -0.25) is 0 Å². The molecule has 0 saturated heterocycles. The minimum atomic E-state index is -0.175. The molecular formula is C13H17N. The molecule has 1 rings (SSSR count). The fourth-order valence-corrected chi connectivity index (χ4v) is 1.42. The van der Waals surface area contributed by atoms with E-state index in [1.54, 1.807) is 0 Å². The van der Waals surface area contributed by atoms with Crippen LogP contribution < -0.4 is 5.73 Å². The molecule has 1 heteroatoms. The molecule has 2 N–H and O–H groups in total. The third kappa shape index (κ3) is 3.24. The highest BCUT2D eigenvalue weighted by Crippen LogP contribution is 2.14. The van der Waals surface area contributed by atoms with Gasteiger partial charge in [-0.2, -0.15) is 0 Å². The zero-order chi connectivity index (χ0) is 10.6. The van der Waals surface area contributed by atoms with E-state index < -0.39 is 0 Å². The van der Waals surface area contributed by atoms with Crippen LogP contribution in [0.2, 0.25) is 0 Å². The topological polar surface area (TPSA) is 26.0 Å². The van der Waals surface area contributed by atoms with E-state index in [0.717, 1.165) is 12.0 Å². The number of rotatable bonds is 2. The molecule has 0 heterocycles. The van der Waals surface area contributed by atoms with Crippen molar-refractivity contribution in [2.75, 3.05) is 0 Å². The normalized spacial score (nSPS) is 10.6. The molecule has 14 heavy (non-hydrogen) atoms. The third-order valence-corrected chi connectivity index (χ3v) is 1.92. The van der Waals surface area contributed by atoms with Gasteiger partial charge in [-0.05, 0) is 38.8 Å². The summed E-state index contributed by atoms with van der Waals surface area (Å²) in [4.78, 5) is 0. The largest absolute Gasteiger partial charge is 0.325 e. The van der Waals surface area contributed by atoms with Gasteiger partial charge >= 0.3 is 0 Å². The van der Waals surface area contributed by atoms with Crippen LogP contribution in [0.15, 0.2) is 24.3 Å². The van der Waals surface area contributed by atoms with Crippen LogP contribution in [0.25, 0.3) is 0 Å². The summed E-state index contributed by atoms with van der Waals surface area (Å²) in [6, 6.07) is 8.17. The zero-order valence-corrected chi connectivity index (χ0v) is 9.09. The fourth-order valence-electron chi connectivity index (χ4n) is 1.42. The van der Waals surface area contributed by atoms with Crippen LogP contribution in [-0.2, 0) is 6.42 Å². The van der Waals surface area contributed by atoms with Crippen molar-refractivity contribution in [3.05, 3.63) is 35.4 Å². The predicted molar refractivity (Wildman–Crippen MR) is 61.0 cm³/mol. The lowest BCUT2D eigenvalue weighted by Crippen LogP contribution is -2.34. The Hall–Kier alpha value is -1.26. The van der Waals surface area contributed by atoms with E-state index in [1.165, 1.54) is 5.56 Å². The number of benzene rings is 1. The van der Waals surface area contributed by atoms with Crippen molar-refractivity contribution in [3.63, 3.8) is 0 Å². The maximum atomic E-state index is 5.98. The van der Waals surface area contributed by atoms with E-state index in [4.69, 9.17) is 5.73 Å². The van der Waals surface area contributed by atoms with Gasteiger partial charge in [0.2, 0.25) is 0 Å². The lowest BCUT2D eigenvalue weighted by Gasteiger charge is -2.19. The summed E-state index contributed by atoms with van der Waals surface area (Å²) < 4.78 is 0. The first-order chi connectivity index (χ1) is 6.53. The molecule has 0 radical (unpaired) electrons. The van der Waals surface area contributed by atoms with Crippen LogP contribution >= 0.6 is 0 Å². The Morgan fingerprint density at radius 2 is 1.93 bits per heavy atom. The Morgan fingerprint density at radius 3 is 2.50 bits per heavy atom. The van der Waals surface area contributed by atoms with E-state index >= 15 is 0 Å². The highest BCUT2D eigenvalue weighted by atomic mass is 14.7. The number of hydrogen-bond donors (Lipinski definition) is 1.